The molecular formula is C10H13NO. The monoisotopic (exact) mass is 163 g/mol. The number of hydrogen-bond donors (Lipinski definition) is 2. The van der Waals surface area contributed by atoms with E-state index < -0.39 is 0 Å². The van der Waals surface area contributed by atoms with E-state index in [2.05, 4.69) is 5.32 Å². The van der Waals surface area contributed by atoms with Gasteiger partial charge in [0.05, 0.1) is 0 Å². The van der Waals surface area contributed by atoms with Gasteiger partial charge in [0.2, 0.25) is 0 Å². The van der Waals surface area contributed by atoms with E-state index in [0.29, 0.717) is 11.8 Å². The Bertz CT molecular complexity index is 293. The van der Waals surface area contributed by atoms with Gasteiger partial charge in [-0.15, -0.1) is 0 Å². The van der Waals surface area contributed by atoms with E-state index in [9.17, 15) is 5.11 Å². The van der Waals surface area contributed by atoms with Crippen LogP contribution in [0.4, 0.5) is 0 Å². The summed E-state index contributed by atoms with van der Waals surface area (Å²) in [5.74, 6) is 0.430. The molecular weight excluding hydrogens is 150 g/mol. The second-order valence-corrected chi connectivity index (χ2v) is 3.46. The van der Waals surface area contributed by atoms with Crippen LogP contribution in [0.2, 0.25) is 0 Å². The van der Waals surface area contributed by atoms with Crippen molar-refractivity contribution in [2.24, 2.45) is 0 Å². The van der Waals surface area contributed by atoms with Crippen molar-refractivity contribution in [1.29, 1.82) is 0 Å². The minimum absolute atomic E-state index is 0.430. The first-order valence-corrected chi connectivity index (χ1v) is 4.22. The van der Waals surface area contributed by atoms with Crippen LogP contribution in [0.5, 0.6) is 5.75 Å². The van der Waals surface area contributed by atoms with Crippen molar-refractivity contribution in [2.45, 2.75) is 19.9 Å². The summed E-state index contributed by atoms with van der Waals surface area (Å²) in [5, 5.41) is 12.8. The highest BCUT2D eigenvalue weighted by atomic mass is 16.3. The standard InChI is InChI=1S/C10H13NO/c1-6-3-8(9-5-11-9)4-7(2)10(6)12/h3-4,9,11-12H,5H2,1-2H3/t9-/m1/s1. The molecule has 2 rings (SSSR count). The van der Waals surface area contributed by atoms with E-state index in [1.54, 1.807) is 0 Å². The average Bonchev–Trinajstić information content (AvgIpc) is 2.81. The number of nitrogens with one attached hydrogen (secondary N) is 1. The topological polar surface area (TPSA) is 42.2 Å². The van der Waals surface area contributed by atoms with Crippen molar-refractivity contribution < 1.29 is 5.11 Å². The zero-order valence-corrected chi connectivity index (χ0v) is 7.39. The Morgan fingerprint density at radius 1 is 1.33 bits per heavy atom. The molecule has 0 saturated carbocycles. The van der Waals surface area contributed by atoms with Gasteiger partial charge in [-0.05, 0) is 30.5 Å². The highest BCUT2D eigenvalue weighted by Crippen LogP contribution is 2.29. The van der Waals surface area contributed by atoms with Gasteiger partial charge in [0, 0.05) is 12.6 Å². The SMILES string of the molecule is Cc1cc([C@H]2CN2)cc(C)c1O. The Hall–Kier alpha value is -1.02. The molecule has 1 aromatic carbocycles. The van der Waals surface area contributed by atoms with Gasteiger partial charge in [-0.1, -0.05) is 12.1 Å². The summed E-state index contributed by atoms with van der Waals surface area (Å²) in [6.07, 6.45) is 0. The van der Waals surface area contributed by atoms with Crippen LogP contribution in [-0.2, 0) is 0 Å². The molecule has 0 spiro atoms. The summed E-state index contributed by atoms with van der Waals surface area (Å²) in [6, 6.07) is 4.63. The fraction of sp³-hybridized carbons (Fsp3) is 0.400. The molecule has 1 aromatic rings. The molecule has 0 radical (unpaired) electrons. The highest BCUT2D eigenvalue weighted by Gasteiger charge is 2.23. The first-order valence-electron chi connectivity index (χ1n) is 4.22. The Morgan fingerprint density at radius 3 is 2.25 bits per heavy atom. The zero-order chi connectivity index (χ0) is 8.72. The van der Waals surface area contributed by atoms with Crippen molar-refractivity contribution in [1.82, 2.24) is 5.32 Å². The van der Waals surface area contributed by atoms with E-state index in [-0.39, 0.29) is 0 Å². The van der Waals surface area contributed by atoms with Gasteiger partial charge in [0.25, 0.3) is 0 Å². The van der Waals surface area contributed by atoms with E-state index in [1.165, 1.54) is 5.56 Å². The lowest BCUT2D eigenvalue weighted by atomic mass is 10.0. The molecule has 0 aromatic heterocycles. The van der Waals surface area contributed by atoms with Crippen LogP contribution < -0.4 is 5.32 Å². The smallest absolute Gasteiger partial charge is 0.121 e. The highest BCUT2D eigenvalue weighted by molar-refractivity contribution is 5.44. The van der Waals surface area contributed by atoms with Crippen LogP contribution >= 0.6 is 0 Å². The Morgan fingerprint density at radius 2 is 1.83 bits per heavy atom. The molecule has 1 aliphatic heterocycles. The number of rotatable bonds is 1. The number of aryl methyl sites for hydroxylation is 2. The van der Waals surface area contributed by atoms with E-state index >= 15 is 0 Å². The van der Waals surface area contributed by atoms with Crippen molar-refractivity contribution >= 4 is 0 Å². The minimum atomic E-state index is 0.430. The molecule has 64 valence electrons. The van der Waals surface area contributed by atoms with Crippen LogP contribution in [0.25, 0.3) is 0 Å². The normalized spacial score (nSPS) is 21.0. The van der Waals surface area contributed by atoms with Crippen molar-refractivity contribution in [3.05, 3.63) is 28.8 Å². The van der Waals surface area contributed by atoms with Crippen LogP contribution in [0.1, 0.15) is 22.7 Å². The van der Waals surface area contributed by atoms with Crippen LogP contribution in [0, 0.1) is 13.8 Å². The molecule has 2 heteroatoms. The number of aromatic hydroxyl groups is 1. The Labute approximate surface area is 72.2 Å². The predicted molar refractivity (Wildman–Crippen MR) is 48.3 cm³/mol. The van der Waals surface area contributed by atoms with Crippen LogP contribution in [-0.4, -0.2) is 11.7 Å². The zero-order valence-electron chi connectivity index (χ0n) is 7.39. The van der Waals surface area contributed by atoms with Crippen LogP contribution in [0.3, 0.4) is 0 Å². The Kier molecular flexibility index (Phi) is 1.58. The second kappa shape index (κ2) is 2.49. The molecule has 0 bridgehead atoms. The third-order valence-electron chi connectivity index (χ3n) is 2.32. The van der Waals surface area contributed by atoms with Crippen molar-refractivity contribution in [3.8, 4) is 5.75 Å². The molecule has 1 aliphatic rings. The van der Waals surface area contributed by atoms with Gasteiger partial charge in [-0.3, -0.25) is 0 Å². The third kappa shape index (κ3) is 1.18. The lowest BCUT2D eigenvalue weighted by Crippen LogP contribution is -1.88. The maximum absolute atomic E-state index is 9.51. The molecule has 1 heterocycles. The van der Waals surface area contributed by atoms with Gasteiger partial charge in [-0.25, -0.2) is 0 Å². The number of hydrogen-bond acceptors (Lipinski definition) is 2. The summed E-state index contributed by atoms with van der Waals surface area (Å²) >= 11 is 0. The quantitative estimate of drug-likeness (QED) is 0.618. The molecule has 1 saturated heterocycles. The van der Waals surface area contributed by atoms with Crippen molar-refractivity contribution in [2.75, 3.05) is 6.54 Å². The molecule has 0 aliphatic carbocycles. The van der Waals surface area contributed by atoms with Gasteiger partial charge in [-0.2, -0.15) is 0 Å². The van der Waals surface area contributed by atoms with E-state index in [1.807, 2.05) is 26.0 Å². The fourth-order valence-corrected chi connectivity index (χ4v) is 1.49. The summed E-state index contributed by atoms with van der Waals surface area (Å²) in [7, 11) is 0. The third-order valence-corrected chi connectivity index (χ3v) is 2.32. The number of phenols is 1. The van der Waals surface area contributed by atoms with E-state index in [4.69, 9.17) is 0 Å². The molecule has 2 N–H and O–H groups in total. The van der Waals surface area contributed by atoms with E-state index in [0.717, 1.165) is 17.7 Å². The lowest BCUT2D eigenvalue weighted by molar-refractivity contribution is 0.466. The van der Waals surface area contributed by atoms with Gasteiger partial charge >= 0.3 is 0 Å². The Balaban J connectivity index is 2.45. The molecule has 1 fully saturated rings. The largest absolute Gasteiger partial charge is 0.507 e. The maximum Gasteiger partial charge on any atom is 0.121 e. The number of phenolic OH excluding ortho intramolecular Hbond substituents is 1. The summed E-state index contributed by atoms with van der Waals surface area (Å²) < 4.78 is 0. The minimum Gasteiger partial charge on any atom is -0.507 e. The second-order valence-electron chi connectivity index (χ2n) is 3.46. The molecule has 12 heavy (non-hydrogen) atoms. The molecule has 1 atom stereocenters. The first kappa shape index (κ1) is 7.62. The van der Waals surface area contributed by atoms with Gasteiger partial charge in [0.15, 0.2) is 0 Å². The maximum atomic E-state index is 9.51. The van der Waals surface area contributed by atoms with Crippen LogP contribution in [0.15, 0.2) is 12.1 Å². The van der Waals surface area contributed by atoms with Gasteiger partial charge < -0.3 is 10.4 Å². The summed E-state index contributed by atoms with van der Waals surface area (Å²) in [4.78, 5) is 0. The summed E-state index contributed by atoms with van der Waals surface area (Å²) in [5.41, 5.74) is 3.24. The average molecular weight is 163 g/mol. The first-order chi connectivity index (χ1) is 5.68. The predicted octanol–water partition coefficient (Wildman–Crippen LogP) is 1.65. The van der Waals surface area contributed by atoms with Crippen molar-refractivity contribution in [3.63, 3.8) is 0 Å². The fourth-order valence-electron chi connectivity index (χ4n) is 1.49. The molecule has 2 nitrogen and oxygen atoms in total. The number of benzene rings is 1. The molecule has 0 unspecified atom stereocenters. The van der Waals surface area contributed by atoms with Gasteiger partial charge in [0.1, 0.15) is 5.75 Å². The summed E-state index contributed by atoms with van der Waals surface area (Å²) in [6.45, 7) is 4.95. The lowest BCUT2D eigenvalue weighted by Gasteiger charge is -2.05. The molecule has 0 amide bonds.